The van der Waals surface area contributed by atoms with Crippen molar-refractivity contribution in [1.82, 2.24) is 9.78 Å². The molecule has 2 amide bonds. The van der Waals surface area contributed by atoms with E-state index in [9.17, 15) is 9.59 Å². The second kappa shape index (κ2) is 6.81. The molecule has 1 aromatic carbocycles. The molecule has 2 rings (SSSR count). The summed E-state index contributed by atoms with van der Waals surface area (Å²) in [6, 6.07) is 4.83. The number of nitrogens with zero attached hydrogens (tertiary/aromatic N) is 2. The van der Waals surface area contributed by atoms with E-state index in [-0.39, 0.29) is 16.6 Å². The molecule has 0 bridgehead atoms. The third-order valence-corrected chi connectivity index (χ3v) is 3.53. The van der Waals surface area contributed by atoms with E-state index < -0.39 is 5.91 Å². The fourth-order valence-corrected chi connectivity index (χ4v) is 2.21. The average molecular weight is 341 g/mol. The second-order valence-corrected chi connectivity index (χ2v) is 5.33. The summed E-state index contributed by atoms with van der Waals surface area (Å²) in [5.41, 5.74) is 1.14. The Morgan fingerprint density at radius 1 is 1.23 bits per heavy atom. The van der Waals surface area contributed by atoms with Crippen LogP contribution in [0.25, 0.3) is 0 Å². The van der Waals surface area contributed by atoms with Gasteiger partial charge in [0.2, 0.25) is 5.91 Å². The maximum absolute atomic E-state index is 12.3. The van der Waals surface area contributed by atoms with Crippen LogP contribution in [0.4, 0.5) is 11.4 Å². The lowest BCUT2D eigenvalue weighted by Gasteiger charge is -2.10. The first-order valence-corrected chi connectivity index (χ1v) is 7.26. The van der Waals surface area contributed by atoms with Crippen LogP contribution in [0.5, 0.6) is 0 Å². The molecule has 6 nitrogen and oxygen atoms in total. The number of halogens is 2. The quantitative estimate of drug-likeness (QED) is 0.896. The van der Waals surface area contributed by atoms with Gasteiger partial charge < -0.3 is 10.6 Å². The standard InChI is InChI=1S/C14H14Cl2N4O2/c1-3-12(21)18-8-4-5-9(15)11(6-8)19-14(22)13-10(16)7-17-20(13)2/h4-7H,3H2,1-2H3,(H,18,21)(H,19,22). The molecule has 1 aromatic heterocycles. The van der Waals surface area contributed by atoms with Crippen molar-refractivity contribution < 1.29 is 9.59 Å². The van der Waals surface area contributed by atoms with Crippen molar-refractivity contribution in [3.8, 4) is 0 Å². The lowest BCUT2D eigenvalue weighted by Crippen LogP contribution is -2.17. The minimum Gasteiger partial charge on any atom is -0.326 e. The van der Waals surface area contributed by atoms with Crippen LogP contribution in [0, 0.1) is 0 Å². The lowest BCUT2D eigenvalue weighted by atomic mass is 10.2. The molecule has 2 aromatic rings. The minimum atomic E-state index is -0.439. The molecule has 0 aliphatic heterocycles. The smallest absolute Gasteiger partial charge is 0.275 e. The van der Waals surface area contributed by atoms with Crippen molar-refractivity contribution >= 4 is 46.4 Å². The molecule has 0 aliphatic rings. The summed E-state index contributed by atoms with van der Waals surface area (Å²) in [6.07, 6.45) is 1.74. The number of aromatic nitrogens is 2. The van der Waals surface area contributed by atoms with E-state index >= 15 is 0 Å². The molecule has 0 saturated carbocycles. The zero-order chi connectivity index (χ0) is 16.3. The van der Waals surface area contributed by atoms with E-state index in [0.29, 0.717) is 22.8 Å². The highest BCUT2D eigenvalue weighted by molar-refractivity contribution is 6.35. The van der Waals surface area contributed by atoms with Gasteiger partial charge in [0.1, 0.15) is 5.69 Å². The topological polar surface area (TPSA) is 76.0 Å². The van der Waals surface area contributed by atoms with Crippen molar-refractivity contribution in [2.75, 3.05) is 10.6 Å². The first-order valence-electron chi connectivity index (χ1n) is 6.50. The highest BCUT2D eigenvalue weighted by atomic mass is 35.5. The van der Waals surface area contributed by atoms with Gasteiger partial charge in [0, 0.05) is 19.2 Å². The van der Waals surface area contributed by atoms with Crippen LogP contribution in [0.2, 0.25) is 10.0 Å². The zero-order valence-electron chi connectivity index (χ0n) is 12.0. The van der Waals surface area contributed by atoms with Crippen molar-refractivity contribution in [3.05, 3.63) is 40.1 Å². The van der Waals surface area contributed by atoms with E-state index in [1.54, 1.807) is 32.2 Å². The number of hydrogen-bond acceptors (Lipinski definition) is 3. The van der Waals surface area contributed by atoms with Gasteiger partial charge >= 0.3 is 0 Å². The fourth-order valence-electron chi connectivity index (χ4n) is 1.80. The molecule has 0 spiro atoms. The van der Waals surface area contributed by atoms with Crippen LogP contribution < -0.4 is 10.6 Å². The van der Waals surface area contributed by atoms with Crippen LogP contribution in [0.15, 0.2) is 24.4 Å². The van der Waals surface area contributed by atoms with Crippen LogP contribution in [-0.2, 0) is 11.8 Å². The maximum atomic E-state index is 12.3. The normalized spacial score (nSPS) is 10.4. The van der Waals surface area contributed by atoms with Crippen LogP contribution in [0.1, 0.15) is 23.8 Å². The van der Waals surface area contributed by atoms with Gasteiger partial charge in [0.05, 0.1) is 21.9 Å². The SMILES string of the molecule is CCC(=O)Nc1ccc(Cl)c(NC(=O)c2c(Cl)cnn2C)c1. The average Bonchev–Trinajstić information content (AvgIpc) is 2.81. The highest BCUT2D eigenvalue weighted by Crippen LogP contribution is 2.27. The number of aryl methyl sites for hydroxylation is 1. The third-order valence-electron chi connectivity index (χ3n) is 2.93. The number of benzene rings is 1. The number of nitrogens with one attached hydrogen (secondary N) is 2. The molecule has 0 radical (unpaired) electrons. The molecule has 0 atom stereocenters. The van der Waals surface area contributed by atoms with Gasteiger partial charge in [-0.3, -0.25) is 14.3 Å². The molecule has 1 heterocycles. The van der Waals surface area contributed by atoms with E-state index in [1.165, 1.54) is 10.9 Å². The van der Waals surface area contributed by atoms with E-state index in [0.717, 1.165) is 0 Å². The van der Waals surface area contributed by atoms with Gasteiger partial charge in [0.15, 0.2) is 0 Å². The van der Waals surface area contributed by atoms with Crippen LogP contribution in [0.3, 0.4) is 0 Å². The molecular weight excluding hydrogens is 327 g/mol. The number of anilines is 2. The van der Waals surface area contributed by atoms with Crippen LogP contribution >= 0.6 is 23.2 Å². The van der Waals surface area contributed by atoms with Gasteiger partial charge in [-0.15, -0.1) is 0 Å². The Kier molecular flexibility index (Phi) is 5.05. The molecule has 116 valence electrons. The monoisotopic (exact) mass is 340 g/mol. The number of carbonyl (C=O) groups is 2. The summed E-state index contributed by atoms with van der Waals surface area (Å²) in [6.45, 7) is 1.75. The summed E-state index contributed by atoms with van der Waals surface area (Å²) in [7, 11) is 1.61. The molecule has 22 heavy (non-hydrogen) atoms. The predicted octanol–water partition coefficient (Wildman–Crippen LogP) is 3.33. The zero-order valence-corrected chi connectivity index (χ0v) is 13.5. The molecule has 0 aliphatic carbocycles. The Bertz CT molecular complexity index is 708. The van der Waals surface area contributed by atoms with Gasteiger partial charge in [-0.2, -0.15) is 5.10 Å². The highest BCUT2D eigenvalue weighted by Gasteiger charge is 2.17. The summed E-state index contributed by atoms with van der Waals surface area (Å²) in [5, 5.41) is 9.85. The van der Waals surface area contributed by atoms with Gasteiger partial charge in [-0.25, -0.2) is 0 Å². The van der Waals surface area contributed by atoms with Gasteiger partial charge in [-0.1, -0.05) is 30.1 Å². The number of amides is 2. The predicted molar refractivity (Wildman–Crippen MR) is 86.5 cm³/mol. The first-order chi connectivity index (χ1) is 10.4. The van der Waals surface area contributed by atoms with Gasteiger partial charge in [0.25, 0.3) is 5.91 Å². The molecule has 8 heteroatoms. The molecular formula is C14H14Cl2N4O2. The Labute approximate surface area is 137 Å². The summed E-state index contributed by atoms with van der Waals surface area (Å²) in [5.74, 6) is -0.569. The molecule has 0 fully saturated rings. The van der Waals surface area contributed by atoms with E-state index in [4.69, 9.17) is 23.2 Å². The second-order valence-electron chi connectivity index (χ2n) is 4.52. The van der Waals surface area contributed by atoms with E-state index in [1.807, 2.05) is 0 Å². The number of carbonyl (C=O) groups excluding carboxylic acids is 2. The Morgan fingerprint density at radius 3 is 2.55 bits per heavy atom. The van der Waals surface area contributed by atoms with Gasteiger partial charge in [-0.05, 0) is 18.2 Å². The Morgan fingerprint density at radius 2 is 1.95 bits per heavy atom. The summed E-state index contributed by atoms with van der Waals surface area (Å²) < 4.78 is 1.37. The van der Waals surface area contributed by atoms with Crippen molar-refractivity contribution in [3.63, 3.8) is 0 Å². The minimum absolute atomic E-state index is 0.130. The molecule has 0 saturated heterocycles. The van der Waals surface area contributed by atoms with Crippen molar-refractivity contribution in [2.45, 2.75) is 13.3 Å². The van der Waals surface area contributed by atoms with Crippen molar-refractivity contribution in [2.24, 2.45) is 7.05 Å². The van der Waals surface area contributed by atoms with Crippen LogP contribution in [-0.4, -0.2) is 21.6 Å². The third kappa shape index (κ3) is 3.58. The maximum Gasteiger partial charge on any atom is 0.275 e. The van der Waals surface area contributed by atoms with Crippen molar-refractivity contribution in [1.29, 1.82) is 0 Å². The lowest BCUT2D eigenvalue weighted by molar-refractivity contribution is -0.115. The number of hydrogen-bond donors (Lipinski definition) is 2. The fraction of sp³-hybridized carbons (Fsp3) is 0.214. The summed E-state index contributed by atoms with van der Waals surface area (Å²) in [4.78, 5) is 23.7. The Hall–Kier alpha value is -2.05. The first kappa shape index (κ1) is 16.3. The largest absolute Gasteiger partial charge is 0.326 e. The van der Waals surface area contributed by atoms with E-state index in [2.05, 4.69) is 15.7 Å². The Balaban J connectivity index is 2.23. The molecule has 0 unspecified atom stereocenters. The molecule has 2 N–H and O–H groups in total. The summed E-state index contributed by atoms with van der Waals surface area (Å²) >= 11 is 12.0. The number of rotatable bonds is 4.